The number of hydrogen-bond acceptors (Lipinski definition) is 3. The van der Waals surface area contributed by atoms with Crippen molar-refractivity contribution in [1.29, 1.82) is 0 Å². The zero-order valence-electron chi connectivity index (χ0n) is 14.7. The van der Waals surface area contributed by atoms with E-state index in [1.54, 1.807) is 0 Å². The first-order valence-corrected chi connectivity index (χ1v) is 8.48. The van der Waals surface area contributed by atoms with E-state index in [1.807, 2.05) is 20.2 Å². The summed E-state index contributed by atoms with van der Waals surface area (Å²) >= 11 is 0. The summed E-state index contributed by atoms with van der Waals surface area (Å²) in [6, 6.07) is 0.413. The van der Waals surface area contributed by atoms with Crippen molar-refractivity contribution < 1.29 is 0 Å². The lowest BCUT2D eigenvalue weighted by atomic mass is 9.77. The van der Waals surface area contributed by atoms with Gasteiger partial charge in [-0.15, -0.1) is 0 Å². The average molecular weight is 307 g/mol. The average Bonchev–Trinajstić information content (AvgIpc) is 2.75. The van der Waals surface area contributed by atoms with Crippen molar-refractivity contribution in [2.24, 2.45) is 50.1 Å². The maximum Gasteiger partial charge on any atom is 0.186 e. The van der Waals surface area contributed by atoms with Gasteiger partial charge in [-0.3, -0.25) is 4.99 Å². The van der Waals surface area contributed by atoms with Gasteiger partial charge in [0.05, 0.1) is 12.1 Å². The summed E-state index contributed by atoms with van der Waals surface area (Å²) in [4.78, 5) is 13.6. The molecule has 1 fully saturated rings. The minimum absolute atomic E-state index is 0.136. The van der Waals surface area contributed by atoms with Crippen LogP contribution in [0.15, 0.2) is 15.0 Å². The zero-order chi connectivity index (χ0) is 16.7. The van der Waals surface area contributed by atoms with Crippen molar-refractivity contribution in [2.45, 2.75) is 59.0 Å². The molecule has 0 radical (unpaired) electrons. The Balaban J connectivity index is 3.18. The highest BCUT2D eigenvalue weighted by atomic mass is 15.0. The third kappa shape index (κ3) is 4.31. The molecule has 5 atom stereocenters. The Bertz CT molecular complexity index is 407. The molecule has 0 aromatic heterocycles. The van der Waals surface area contributed by atoms with E-state index in [4.69, 9.17) is 16.5 Å². The quantitative estimate of drug-likeness (QED) is 0.559. The van der Waals surface area contributed by atoms with Crippen molar-refractivity contribution in [2.75, 3.05) is 7.05 Å². The number of hydrogen-bond donors (Lipinski definition) is 2. The molecule has 1 aliphatic rings. The van der Waals surface area contributed by atoms with Gasteiger partial charge in [0.25, 0.3) is 0 Å². The third-order valence-electron chi connectivity index (χ3n) is 5.14. The smallest absolute Gasteiger partial charge is 0.186 e. The maximum atomic E-state index is 5.67. The number of rotatable bonds is 7. The number of nitrogens with zero attached hydrogens (tertiary/aromatic N) is 3. The molecule has 0 aromatic carbocycles. The minimum Gasteiger partial charge on any atom is -0.370 e. The van der Waals surface area contributed by atoms with Crippen LogP contribution in [0.3, 0.4) is 0 Å². The normalized spacial score (nSPS) is 30.5. The van der Waals surface area contributed by atoms with Gasteiger partial charge in [-0.1, -0.05) is 33.6 Å². The second-order valence-electron chi connectivity index (χ2n) is 6.34. The van der Waals surface area contributed by atoms with E-state index in [9.17, 15) is 0 Å². The monoisotopic (exact) mass is 307 g/mol. The molecule has 5 heteroatoms. The minimum atomic E-state index is 0.136. The molecule has 0 amide bonds. The van der Waals surface area contributed by atoms with E-state index in [0.717, 1.165) is 19.3 Å². The fraction of sp³-hybridized carbons (Fsp3) is 0.824. The lowest BCUT2D eigenvalue weighted by molar-refractivity contribution is 0.234. The summed E-state index contributed by atoms with van der Waals surface area (Å²) in [5, 5.41) is 0. The molecule has 0 aromatic rings. The van der Waals surface area contributed by atoms with Gasteiger partial charge in [0.2, 0.25) is 0 Å². The lowest BCUT2D eigenvalue weighted by Crippen LogP contribution is -2.37. The molecule has 4 N–H and O–H groups in total. The van der Waals surface area contributed by atoms with Crippen LogP contribution in [-0.4, -0.2) is 37.5 Å². The van der Waals surface area contributed by atoms with Gasteiger partial charge in [0, 0.05) is 19.2 Å². The van der Waals surface area contributed by atoms with Crippen molar-refractivity contribution in [3.8, 4) is 0 Å². The SMILES string of the molecule is CC=NC(C(CC)CC)[C@@H]1[C@H](C)[C@@H](C=NC)C[C@H]1N=C(N)N. The molecular formula is C17H33N5. The van der Waals surface area contributed by atoms with Crippen LogP contribution < -0.4 is 11.5 Å². The predicted molar refractivity (Wildman–Crippen MR) is 96.8 cm³/mol. The summed E-state index contributed by atoms with van der Waals surface area (Å²) in [7, 11) is 1.83. The molecule has 0 heterocycles. The van der Waals surface area contributed by atoms with E-state index in [0.29, 0.717) is 23.7 Å². The summed E-state index contributed by atoms with van der Waals surface area (Å²) in [5.74, 6) is 2.02. The van der Waals surface area contributed by atoms with Gasteiger partial charge in [-0.2, -0.15) is 0 Å². The molecule has 1 saturated carbocycles. The summed E-state index contributed by atoms with van der Waals surface area (Å²) in [6.07, 6.45) is 7.20. The topological polar surface area (TPSA) is 89.1 Å². The molecule has 0 bridgehead atoms. The number of nitrogens with two attached hydrogens (primary N) is 2. The van der Waals surface area contributed by atoms with E-state index < -0.39 is 0 Å². The Morgan fingerprint density at radius 1 is 1.27 bits per heavy atom. The van der Waals surface area contributed by atoms with Gasteiger partial charge >= 0.3 is 0 Å². The maximum absolute atomic E-state index is 5.67. The molecule has 1 unspecified atom stereocenters. The predicted octanol–water partition coefficient (Wildman–Crippen LogP) is 2.50. The van der Waals surface area contributed by atoms with Gasteiger partial charge < -0.3 is 16.5 Å². The van der Waals surface area contributed by atoms with Crippen molar-refractivity contribution in [3.05, 3.63) is 0 Å². The molecule has 5 nitrogen and oxygen atoms in total. The fourth-order valence-electron chi connectivity index (χ4n) is 4.02. The first-order valence-electron chi connectivity index (χ1n) is 8.48. The van der Waals surface area contributed by atoms with Crippen molar-refractivity contribution >= 4 is 18.4 Å². The molecule has 126 valence electrons. The highest BCUT2D eigenvalue weighted by molar-refractivity contribution is 5.76. The van der Waals surface area contributed by atoms with Crippen molar-refractivity contribution in [3.63, 3.8) is 0 Å². The zero-order valence-corrected chi connectivity index (χ0v) is 14.7. The Labute approximate surface area is 135 Å². The lowest BCUT2D eigenvalue weighted by Gasteiger charge is -2.33. The molecule has 22 heavy (non-hydrogen) atoms. The second kappa shape index (κ2) is 8.91. The largest absolute Gasteiger partial charge is 0.370 e. The Morgan fingerprint density at radius 3 is 2.36 bits per heavy atom. The first kappa shape index (κ1) is 18.7. The fourth-order valence-corrected chi connectivity index (χ4v) is 4.02. The Hall–Kier alpha value is -1.39. The number of guanidine groups is 1. The molecule has 1 aliphatic carbocycles. The van der Waals surface area contributed by atoms with Gasteiger partial charge in [0.1, 0.15) is 0 Å². The molecule has 1 rings (SSSR count). The molecular weight excluding hydrogens is 274 g/mol. The molecule has 0 aliphatic heterocycles. The van der Waals surface area contributed by atoms with E-state index in [1.165, 1.54) is 0 Å². The van der Waals surface area contributed by atoms with Crippen LogP contribution in [-0.2, 0) is 0 Å². The van der Waals surface area contributed by atoms with Crippen LogP contribution in [0.25, 0.3) is 0 Å². The Morgan fingerprint density at radius 2 is 1.91 bits per heavy atom. The van der Waals surface area contributed by atoms with Gasteiger partial charge in [0.15, 0.2) is 5.96 Å². The van der Waals surface area contributed by atoms with Gasteiger partial charge in [-0.25, -0.2) is 4.99 Å². The highest BCUT2D eigenvalue weighted by Gasteiger charge is 2.45. The molecule has 0 saturated heterocycles. The third-order valence-corrected chi connectivity index (χ3v) is 5.14. The van der Waals surface area contributed by atoms with Crippen LogP contribution in [0.5, 0.6) is 0 Å². The van der Waals surface area contributed by atoms with Crippen LogP contribution >= 0.6 is 0 Å². The summed E-state index contributed by atoms with van der Waals surface area (Å²) in [6.45, 7) is 8.77. The van der Waals surface area contributed by atoms with E-state index >= 15 is 0 Å². The van der Waals surface area contributed by atoms with E-state index in [2.05, 4.69) is 37.0 Å². The first-order chi connectivity index (χ1) is 10.5. The highest BCUT2D eigenvalue weighted by Crippen LogP contribution is 2.43. The summed E-state index contributed by atoms with van der Waals surface area (Å²) in [5.41, 5.74) is 11.3. The van der Waals surface area contributed by atoms with Gasteiger partial charge in [-0.05, 0) is 37.3 Å². The van der Waals surface area contributed by atoms with Crippen LogP contribution in [0.4, 0.5) is 0 Å². The number of aliphatic imine (C=N–C) groups is 3. The molecule has 0 spiro atoms. The van der Waals surface area contributed by atoms with Crippen LogP contribution in [0.1, 0.15) is 47.0 Å². The van der Waals surface area contributed by atoms with Crippen LogP contribution in [0, 0.1) is 23.7 Å². The van der Waals surface area contributed by atoms with Crippen LogP contribution in [0.2, 0.25) is 0 Å². The summed E-state index contributed by atoms with van der Waals surface area (Å²) < 4.78 is 0. The Kier molecular flexibility index (Phi) is 7.56. The van der Waals surface area contributed by atoms with E-state index in [-0.39, 0.29) is 18.0 Å². The second-order valence-corrected chi connectivity index (χ2v) is 6.34. The standard InChI is InChI=1S/C17H33N5/c1-6-12(7-2)16(21-8-3)15-11(4)13(10-20-5)9-14(15)22-17(18)19/h8,10-16H,6-7,9H2,1-5H3,(H4,18,19,22)/t11-,13-,14-,15-,16?/m1/s1. The van der Waals surface area contributed by atoms with Crippen molar-refractivity contribution in [1.82, 2.24) is 0 Å².